The second-order valence-corrected chi connectivity index (χ2v) is 4.73. The molecule has 1 aromatic rings. The number of thiazole rings is 1. The normalized spacial score (nSPS) is 11.0. The van der Waals surface area contributed by atoms with Crippen LogP contribution in [0, 0.1) is 5.92 Å². The average molecular weight is 359 g/mol. The van der Waals surface area contributed by atoms with E-state index in [1.807, 2.05) is 5.38 Å². The Kier molecular flexibility index (Phi) is 11.7. The number of nitrogens with zero attached hydrogens (tertiary/aromatic N) is 2. The topological polar surface area (TPSA) is 103 Å². The van der Waals surface area contributed by atoms with Crippen LogP contribution in [-0.4, -0.2) is 17.5 Å². The minimum atomic E-state index is 0. The summed E-state index contributed by atoms with van der Waals surface area (Å²) < 4.78 is 0. The summed E-state index contributed by atoms with van der Waals surface area (Å²) in [7, 11) is 0. The first-order valence-electron chi connectivity index (χ1n) is 5.36. The lowest BCUT2D eigenvalue weighted by Crippen LogP contribution is -2.21. The minimum absolute atomic E-state index is 0. The molecule has 0 saturated carbocycles. The number of halogens is 2. The van der Waals surface area contributed by atoms with Gasteiger partial charge in [-0.05, 0) is 31.7 Å². The van der Waals surface area contributed by atoms with Crippen molar-refractivity contribution in [2.75, 3.05) is 6.54 Å². The van der Waals surface area contributed by atoms with Crippen molar-refractivity contribution in [3.63, 3.8) is 0 Å². The van der Waals surface area contributed by atoms with E-state index >= 15 is 0 Å². The van der Waals surface area contributed by atoms with E-state index in [0.29, 0.717) is 11.0 Å². The molecule has 8 heteroatoms. The van der Waals surface area contributed by atoms with Crippen molar-refractivity contribution in [2.45, 2.75) is 26.2 Å². The van der Waals surface area contributed by atoms with E-state index in [-0.39, 0.29) is 35.3 Å². The van der Waals surface area contributed by atoms with Crippen LogP contribution in [0.3, 0.4) is 0 Å². The highest BCUT2D eigenvalue weighted by molar-refractivity contribution is 8.93. The summed E-state index contributed by atoms with van der Waals surface area (Å²) >= 11 is 1.46. The van der Waals surface area contributed by atoms with Crippen LogP contribution in [0.15, 0.2) is 10.4 Å². The summed E-state index contributed by atoms with van der Waals surface area (Å²) in [4.78, 5) is 8.25. The van der Waals surface area contributed by atoms with Crippen LogP contribution in [0.2, 0.25) is 0 Å². The van der Waals surface area contributed by atoms with Gasteiger partial charge >= 0.3 is 0 Å². The van der Waals surface area contributed by atoms with Crippen LogP contribution in [0.1, 0.15) is 25.5 Å². The Bertz CT molecular complexity index is 354. The quantitative estimate of drug-likeness (QED) is 0.534. The number of hydrogen-bond acceptors (Lipinski definition) is 4. The first-order chi connectivity index (χ1) is 7.61. The summed E-state index contributed by atoms with van der Waals surface area (Å²) in [6, 6.07) is 0. The first kappa shape index (κ1) is 20.0. The molecule has 0 saturated heterocycles. The Labute approximate surface area is 128 Å². The van der Waals surface area contributed by atoms with Crippen molar-refractivity contribution in [1.82, 2.24) is 4.98 Å². The van der Waals surface area contributed by atoms with Gasteiger partial charge in [-0.3, -0.25) is 0 Å². The van der Waals surface area contributed by atoms with E-state index in [1.165, 1.54) is 11.3 Å². The van der Waals surface area contributed by atoms with Gasteiger partial charge in [-0.25, -0.2) is 4.98 Å². The molecule has 1 aromatic heterocycles. The van der Waals surface area contributed by atoms with Crippen molar-refractivity contribution in [3.05, 3.63) is 11.1 Å². The predicted octanol–water partition coefficient (Wildman–Crippen LogP) is 1.97. The highest BCUT2D eigenvalue weighted by Gasteiger charge is 2.07. The number of guanidine groups is 1. The van der Waals surface area contributed by atoms with E-state index in [9.17, 15) is 0 Å². The monoisotopic (exact) mass is 357 g/mol. The predicted molar refractivity (Wildman–Crippen MR) is 86.3 cm³/mol. The highest BCUT2D eigenvalue weighted by atomic mass is 79.9. The van der Waals surface area contributed by atoms with E-state index in [4.69, 9.17) is 17.2 Å². The molecule has 1 unspecified atom stereocenters. The molecule has 0 aliphatic rings. The Hall–Kier alpha value is -0.370. The van der Waals surface area contributed by atoms with Gasteiger partial charge in [0.2, 0.25) is 5.13 Å². The van der Waals surface area contributed by atoms with E-state index in [1.54, 1.807) is 0 Å². The maximum Gasteiger partial charge on any atom is 0.212 e. The Morgan fingerprint density at radius 3 is 2.72 bits per heavy atom. The first-order valence-corrected chi connectivity index (χ1v) is 6.24. The molecule has 1 rings (SSSR count). The van der Waals surface area contributed by atoms with Crippen molar-refractivity contribution < 1.29 is 0 Å². The lowest BCUT2D eigenvalue weighted by atomic mass is 10.0. The summed E-state index contributed by atoms with van der Waals surface area (Å²) in [6.07, 6.45) is 3.15. The molecule has 0 aliphatic heterocycles. The maximum atomic E-state index is 5.47. The summed E-state index contributed by atoms with van der Waals surface area (Å²) in [6.45, 7) is 2.95. The summed E-state index contributed by atoms with van der Waals surface area (Å²) in [5.41, 5.74) is 17.1. The number of hydrogen-bond donors (Lipinski definition) is 3. The number of aliphatic imine (C=N–C) groups is 1. The lowest BCUT2D eigenvalue weighted by molar-refractivity contribution is 0.508. The van der Waals surface area contributed by atoms with E-state index in [0.717, 1.165) is 31.5 Å². The molecule has 0 bridgehead atoms. The molecule has 0 spiro atoms. The van der Waals surface area contributed by atoms with Crippen LogP contribution in [0.4, 0.5) is 5.13 Å². The van der Waals surface area contributed by atoms with Gasteiger partial charge in [0, 0.05) is 5.38 Å². The lowest BCUT2D eigenvalue weighted by Gasteiger charge is -2.07. The number of nitrogens with two attached hydrogens (primary N) is 3. The van der Waals surface area contributed by atoms with Gasteiger partial charge in [0.05, 0.1) is 5.69 Å². The van der Waals surface area contributed by atoms with E-state index in [2.05, 4.69) is 16.9 Å². The molecule has 6 N–H and O–H groups in total. The molecule has 0 amide bonds. The van der Waals surface area contributed by atoms with Gasteiger partial charge in [-0.15, -0.1) is 40.7 Å². The highest BCUT2D eigenvalue weighted by Crippen LogP contribution is 2.21. The molecule has 1 heterocycles. The van der Waals surface area contributed by atoms with Crippen molar-refractivity contribution in [3.8, 4) is 0 Å². The molecular weight excluding hydrogens is 338 g/mol. The fourth-order valence-electron chi connectivity index (χ4n) is 1.48. The molecule has 0 aliphatic carbocycles. The van der Waals surface area contributed by atoms with Gasteiger partial charge in [0.15, 0.2) is 5.96 Å². The fourth-order valence-corrected chi connectivity index (χ4v) is 2.20. The van der Waals surface area contributed by atoms with Crippen molar-refractivity contribution in [2.24, 2.45) is 28.1 Å². The molecule has 18 heavy (non-hydrogen) atoms. The zero-order valence-corrected chi connectivity index (χ0v) is 13.7. The molecule has 1 atom stereocenters. The van der Waals surface area contributed by atoms with Gasteiger partial charge < -0.3 is 17.2 Å². The molecule has 106 valence electrons. The standard InChI is InChI=1S/C10H19N5S.BrH.ClH/c1-7(3-2-4-11)5-8-6-16-10(14-8)15-9(12)13;;/h6-7H,2-5,11H2,1H3,(H4,12,13,14,15);2*1H. The third-order valence-electron chi connectivity index (χ3n) is 2.22. The maximum absolute atomic E-state index is 5.47. The third kappa shape index (κ3) is 7.86. The molecule has 0 radical (unpaired) electrons. The van der Waals surface area contributed by atoms with E-state index < -0.39 is 0 Å². The molecular formula is C10H21BrClN5S. The number of rotatable bonds is 6. The molecule has 5 nitrogen and oxygen atoms in total. The Morgan fingerprint density at radius 1 is 1.50 bits per heavy atom. The van der Waals surface area contributed by atoms with Gasteiger partial charge in [-0.2, -0.15) is 4.99 Å². The average Bonchev–Trinajstić information content (AvgIpc) is 2.61. The Balaban J connectivity index is 0. The second-order valence-electron chi connectivity index (χ2n) is 3.90. The largest absolute Gasteiger partial charge is 0.370 e. The zero-order chi connectivity index (χ0) is 12.0. The fraction of sp³-hybridized carbons (Fsp3) is 0.600. The zero-order valence-electron chi connectivity index (χ0n) is 10.3. The van der Waals surface area contributed by atoms with Crippen LogP contribution < -0.4 is 17.2 Å². The van der Waals surface area contributed by atoms with Crippen molar-refractivity contribution in [1.29, 1.82) is 0 Å². The van der Waals surface area contributed by atoms with Gasteiger partial charge in [-0.1, -0.05) is 6.92 Å². The van der Waals surface area contributed by atoms with Gasteiger partial charge in [0.1, 0.15) is 0 Å². The van der Waals surface area contributed by atoms with Crippen LogP contribution in [0.25, 0.3) is 0 Å². The second kappa shape index (κ2) is 10.5. The van der Waals surface area contributed by atoms with Gasteiger partial charge in [0.25, 0.3) is 0 Å². The SMILES string of the molecule is Br.CC(CCCN)Cc1csc(N=C(N)N)n1.Cl. The minimum Gasteiger partial charge on any atom is -0.370 e. The molecule has 0 fully saturated rings. The third-order valence-corrected chi connectivity index (χ3v) is 3.01. The van der Waals surface area contributed by atoms with Crippen molar-refractivity contribution >= 4 is 51.8 Å². The smallest absolute Gasteiger partial charge is 0.212 e. The van der Waals surface area contributed by atoms with Crippen LogP contribution >= 0.6 is 40.7 Å². The number of aromatic nitrogens is 1. The Morgan fingerprint density at radius 2 is 2.17 bits per heavy atom. The molecule has 0 aromatic carbocycles. The van der Waals surface area contributed by atoms with Crippen LogP contribution in [0.5, 0.6) is 0 Å². The van der Waals surface area contributed by atoms with Crippen LogP contribution in [-0.2, 0) is 6.42 Å². The summed E-state index contributed by atoms with van der Waals surface area (Å²) in [5.74, 6) is 0.648. The summed E-state index contributed by atoms with van der Waals surface area (Å²) in [5, 5.41) is 2.63.